The molecule has 0 nitrogen and oxygen atoms in total. The zero-order valence-corrected chi connectivity index (χ0v) is 11.5. The normalized spacial score (nSPS) is 12.4. The van der Waals surface area contributed by atoms with E-state index in [4.69, 9.17) is 0 Å². The van der Waals surface area contributed by atoms with Crippen molar-refractivity contribution in [2.24, 2.45) is 0 Å². The molecule has 0 bridgehead atoms. The van der Waals surface area contributed by atoms with Crippen LogP contribution < -0.4 is 0 Å². The zero-order chi connectivity index (χ0) is 13.1. The second kappa shape index (κ2) is 5.61. The number of halogens is 3. The minimum absolute atomic E-state index is 0.154. The lowest BCUT2D eigenvalue weighted by molar-refractivity contribution is 0.566. The van der Waals surface area contributed by atoms with Gasteiger partial charge in [-0.05, 0) is 30.5 Å². The largest absolute Gasteiger partial charge is 0.207 e. The summed E-state index contributed by atoms with van der Waals surface area (Å²) in [5.41, 5.74) is 2.07. The van der Waals surface area contributed by atoms with Crippen molar-refractivity contribution in [1.82, 2.24) is 0 Å². The van der Waals surface area contributed by atoms with E-state index in [1.807, 2.05) is 30.3 Å². The fourth-order valence-corrected chi connectivity index (χ4v) is 2.58. The van der Waals surface area contributed by atoms with E-state index in [1.54, 1.807) is 13.0 Å². The lowest BCUT2D eigenvalue weighted by Crippen LogP contribution is -2.00. The molecule has 0 amide bonds. The quantitative estimate of drug-likeness (QED) is 0.703. The van der Waals surface area contributed by atoms with Gasteiger partial charge in [0.2, 0.25) is 0 Å². The molecule has 0 saturated heterocycles. The van der Waals surface area contributed by atoms with Crippen molar-refractivity contribution in [3.63, 3.8) is 0 Å². The summed E-state index contributed by atoms with van der Waals surface area (Å²) in [5.74, 6) is -1.01. The molecule has 0 aliphatic carbocycles. The molecule has 0 radical (unpaired) electrons. The molecule has 2 rings (SSSR count). The van der Waals surface area contributed by atoms with Gasteiger partial charge in [-0.25, -0.2) is 8.78 Å². The molecule has 2 aromatic carbocycles. The van der Waals surface area contributed by atoms with Crippen LogP contribution in [0.5, 0.6) is 0 Å². The Bertz CT molecular complexity index is 538. The van der Waals surface area contributed by atoms with Crippen LogP contribution in [0.25, 0.3) is 0 Å². The van der Waals surface area contributed by atoms with E-state index in [0.717, 1.165) is 11.6 Å². The van der Waals surface area contributed by atoms with Crippen LogP contribution in [0, 0.1) is 18.6 Å². The van der Waals surface area contributed by atoms with E-state index < -0.39 is 11.6 Å². The van der Waals surface area contributed by atoms with Gasteiger partial charge in [0.25, 0.3) is 0 Å². The summed E-state index contributed by atoms with van der Waals surface area (Å²) in [7, 11) is 0. The Balaban J connectivity index is 2.24. The molecule has 3 heteroatoms. The van der Waals surface area contributed by atoms with Crippen molar-refractivity contribution >= 4 is 15.9 Å². The fraction of sp³-hybridized carbons (Fsp3) is 0.200. The van der Waals surface area contributed by atoms with Crippen LogP contribution in [-0.2, 0) is 6.42 Å². The van der Waals surface area contributed by atoms with Crippen LogP contribution in [0.4, 0.5) is 8.78 Å². The highest BCUT2D eigenvalue weighted by Crippen LogP contribution is 2.30. The van der Waals surface area contributed by atoms with Gasteiger partial charge in [0.05, 0.1) is 0 Å². The molecule has 0 aromatic heterocycles. The number of aryl methyl sites for hydroxylation is 1. The SMILES string of the molecule is Cc1cc(C(Br)Cc2ccccc2)c(F)cc1F. The van der Waals surface area contributed by atoms with Crippen LogP contribution in [0.2, 0.25) is 0 Å². The van der Waals surface area contributed by atoms with Gasteiger partial charge < -0.3 is 0 Å². The van der Waals surface area contributed by atoms with Crippen LogP contribution in [0.3, 0.4) is 0 Å². The minimum Gasteiger partial charge on any atom is -0.207 e. The number of rotatable bonds is 3. The summed E-state index contributed by atoms with van der Waals surface area (Å²) in [6.45, 7) is 1.64. The summed E-state index contributed by atoms with van der Waals surface area (Å²) in [5, 5.41) is 0. The molecule has 0 fully saturated rings. The average molecular weight is 311 g/mol. The van der Waals surface area contributed by atoms with Crippen molar-refractivity contribution in [1.29, 1.82) is 0 Å². The van der Waals surface area contributed by atoms with Crippen molar-refractivity contribution in [2.75, 3.05) is 0 Å². The molecule has 94 valence electrons. The lowest BCUT2D eigenvalue weighted by Gasteiger charge is -2.12. The predicted octanol–water partition coefficient (Wildman–Crippen LogP) is 4.95. The molecule has 0 aliphatic rings. The summed E-state index contributed by atoms with van der Waals surface area (Å²) in [4.78, 5) is -0.154. The van der Waals surface area contributed by atoms with Gasteiger partial charge in [0, 0.05) is 16.5 Å². The highest BCUT2D eigenvalue weighted by atomic mass is 79.9. The summed E-state index contributed by atoms with van der Waals surface area (Å²) in [6.07, 6.45) is 0.669. The monoisotopic (exact) mass is 310 g/mol. The Morgan fingerprint density at radius 3 is 2.39 bits per heavy atom. The average Bonchev–Trinajstić information content (AvgIpc) is 2.35. The first-order chi connectivity index (χ1) is 8.58. The molecule has 1 unspecified atom stereocenters. The van der Waals surface area contributed by atoms with Gasteiger partial charge in [0.15, 0.2) is 0 Å². The van der Waals surface area contributed by atoms with E-state index in [9.17, 15) is 8.78 Å². The third kappa shape index (κ3) is 2.96. The third-order valence-corrected chi connectivity index (χ3v) is 3.69. The predicted molar refractivity (Wildman–Crippen MR) is 72.9 cm³/mol. The van der Waals surface area contributed by atoms with Crippen LogP contribution >= 0.6 is 15.9 Å². The van der Waals surface area contributed by atoms with Crippen LogP contribution in [-0.4, -0.2) is 0 Å². The van der Waals surface area contributed by atoms with Gasteiger partial charge in [0.1, 0.15) is 11.6 Å². The van der Waals surface area contributed by atoms with Crippen molar-refractivity contribution < 1.29 is 8.78 Å². The molecule has 1 atom stereocenters. The summed E-state index contributed by atoms with van der Waals surface area (Å²) in [6, 6.07) is 12.3. The Kier molecular flexibility index (Phi) is 4.12. The third-order valence-electron chi connectivity index (χ3n) is 2.87. The van der Waals surface area contributed by atoms with E-state index in [2.05, 4.69) is 15.9 Å². The van der Waals surface area contributed by atoms with E-state index in [1.165, 1.54) is 0 Å². The standard InChI is InChI=1S/C15H13BrF2/c1-10-7-12(15(18)9-14(10)17)13(16)8-11-5-3-2-4-6-11/h2-7,9,13H,8H2,1H3. The summed E-state index contributed by atoms with van der Waals surface area (Å²) < 4.78 is 26.9. The van der Waals surface area contributed by atoms with Gasteiger partial charge in [-0.2, -0.15) is 0 Å². The first-order valence-electron chi connectivity index (χ1n) is 5.71. The van der Waals surface area contributed by atoms with Crippen molar-refractivity contribution in [2.45, 2.75) is 18.2 Å². The molecule has 0 N–H and O–H groups in total. The molecule has 0 aliphatic heterocycles. The number of benzene rings is 2. The highest BCUT2D eigenvalue weighted by molar-refractivity contribution is 9.09. The first kappa shape index (κ1) is 13.2. The van der Waals surface area contributed by atoms with E-state index >= 15 is 0 Å². The minimum atomic E-state index is -0.504. The molecular weight excluding hydrogens is 298 g/mol. The maximum atomic E-state index is 13.7. The molecule has 0 heterocycles. The van der Waals surface area contributed by atoms with Gasteiger partial charge in [-0.3, -0.25) is 0 Å². The Labute approximate surface area is 114 Å². The van der Waals surface area contributed by atoms with E-state index in [-0.39, 0.29) is 4.83 Å². The second-order valence-electron chi connectivity index (χ2n) is 4.28. The Morgan fingerprint density at radius 2 is 1.72 bits per heavy atom. The second-order valence-corrected chi connectivity index (χ2v) is 5.39. The maximum Gasteiger partial charge on any atom is 0.130 e. The summed E-state index contributed by atoms with van der Waals surface area (Å²) >= 11 is 3.47. The molecular formula is C15H13BrF2. The molecule has 2 aromatic rings. The molecule has 18 heavy (non-hydrogen) atoms. The first-order valence-corrected chi connectivity index (χ1v) is 6.63. The maximum absolute atomic E-state index is 13.7. The van der Waals surface area contributed by atoms with Gasteiger partial charge in [-0.1, -0.05) is 46.3 Å². The van der Waals surface area contributed by atoms with Gasteiger partial charge in [-0.15, -0.1) is 0 Å². The van der Waals surface area contributed by atoms with Crippen molar-refractivity contribution in [3.8, 4) is 0 Å². The van der Waals surface area contributed by atoms with E-state index in [0.29, 0.717) is 17.5 Å². The Hall–Kier alpha value is -1.22. The van der Waals surface area contributed by atoms with Crippen LogP contribution in [0.1, 0.15) is 21.5 Å². The highest BCUT2D eigenvalue weighted by Gasteiger charge is 2.15. The number of hydrogen-bond acceptors (Lipinski definition) is 0. The topological polar surface area (TPSA) is 0 Å². The fourth-order valence-electron chi connectivity index (χ4n) is 1.85. The molecule has 0 spiro atoms. The number of alkyl halides is 1. The smallest absolute Gasteiger partial charge is 0.130 e. The molecule has 0 saturated carbocycles. The van der Waals surface area contributed by atoms with Gasteiger partial charge >= 0.3 is 0 Å². The zero-order valence-electron chi connectivity index (χ0n) is 9.96. The Morgan fingerprint density at radius 1 is 1.06 bits per heavy atom. The van der Waals surface area contributed by atoms with Crippen LogP contribution in [0.15, 0.2) is 42.5 Å². The number of hydrogen-bond donors (Lipinski definition) is 0. The van der Waals surface area contributed by atoms with Crippen molar-refractivity contribution in [3.05, 3.63) is 70.8 Å². The lowest BCUT2D eigenvalue weighted by atomic mass is 10.0.